The molecule has 0 unspecified atom stereocenters. The number of aliphatic hydroxyl groups is 2. The number of halogens is 4. The summed E-state index contributed by atoms with van der Waals surface area (Å²) in [5, 5.41) is 29.4. The monoisotopic (exact) mass is 415 g/mol. The zero-order chi connectivity index (χ0) is 20.6. The minimum atomic E-state index is -4.79. The molecule has 28 heavy (non-hydrogen) atoms. The lowest BCUT2D eigenvalue weighted by molar-refractivity contribution is -0.274. The van der Waals surface area contributed by atoms with Crippen molar-refractivity contribution in [3.8, 4) is 11.5 Å². The second kappa shape index (κ2) is 7.54. The van der Waals surface area contributed by atoms with E-state index < -0.39 is 12.7 Å². The molecule has 3 aromatic rings. The maximum atomic E-state index is 12.5. The lowest BCUT2D eigenvalue weighted by Crippen LogP contribution is -2.17. The van der Waals surface area contributed by atoms with E-state index in [2.05, 4.69) is 4.74 Å². The fourth-order valence-electron chi connectivity index (χ4n) is 3.22. The Morgan fingerprint density at radius 1 is 1.18 bits per heavy atom. The first-order valence-corrected chi connectivity index (χ1v) is 8.64. The molecule has 0 aliphatic rings. The molecule has 0 bridgehead atoms. The second-order valence-electron chi connectivity index (χ2n) is 6.35. The van der Waals surface area contributed by atoms with Crippen molar-refractivity contribution >= 4 is 22.5 Å². The van der Waals surface area contributed by atoms with E-state index in [1.54, 1.807) is 17.6 Å². The fraction of sp³-hybridized carbons (Fsp3) is 0.263. The molecular weight excluding hydrogens is 399 g/mol. The molecule has 0 radical (unpaired) electrons. The van der Waals surface area contributed by atoms with Gasteiger partial charge in [0.1, 0.15) is 11.5 Å². The van der Waals surface area contributed by atoms with E-state index in [0.717, 1.165) is 0 Å². The lowest BCUT2D eigenvalue weighted by Gasteiger charge is -2.12. The summed E-state index contributed by atoms with van der Waals surface area (Å²) in [5.41, 5.74) is 2.42. The standard InChI is InChI=1S/C19H17ClF3NO4/c1-10-13(7-18(26)27)14-6-17(25)15(20)8-16(14)24(10)9-11-3-2-4-12(5-11)28-19(21,22)23/h2-6,8,18,25-27H,7,9H2,1H3. The molecule has 0 saturated carbocycles. The van der Waals surface area contributed by atoms with Crippen LogP contribution in [0.25, 0.3) is 10.9 Å². The first-order valence-electron chi connectivity index (χ1n) is 8.26. The van der Waals surface area contributed by atoms with Crippen LogP contribution in [0.1, 0.15) is 16.8 Å². The number of fused-ring (bicyclic) bond motifs is 1. The van der Waals surface area contributed by atoms with Crippen LogP contribution in [0.4, 0.5) is 13.2 Å². The van der Waals surface area contributed by atoms with Gasteiger partial charge in [0.25, 0.3) is 0 Å². The molecule has 3 rings (SSSR count). The molecule has 9 heteroatoms. The first kappa shape index (κ1) is 20.3. The predicted molar refractivity (Wildman–Crippen MR) is 97.5 cm³/mol. The number of hydrogen-bond acceptors (Lipinski definition) is 4. The van der Waals surface area contributed by atoms with Gasteiger partial charge in [-0.3, -0.25) is 0 Å². The van der Waals surface area contributed by atoms with Crippen molar-refractivity contribution in [2.24, 2.45) is 0 Å². The molecule has 0 spiro atoms. The summed E-state index contributed by atoms with van der Waals surface area (Å²) in [6, 6.07) is 8.55. The minimum absolute atomic E-state index is 0.0758. The summed E-state index contributed by atoms with van der Waals surface area (Å²) in [6.45, 7) is 1.94. The number of aliphatic hydroxyl groups excluding tert-OH is 1. The molecule has 1 aromatic heterocycles. The Morgan fingerprint density at radius 3 is 2.54 bits per heavy atom. The number of aromatic hydroxyl groups is 1. The highest BCUT2D eigenvalue weighted by atomic mass is 35.5. The van der Waals surface area contributed by atoms with E-state index in [0.29, 0.717) is 27.7 Å². The SMILES string of the molecule is Cc1c(CC(O)O)c2cc(O)c(Cl)cc2n1Cc1cccc(OC(F)(F)F)c1. The van der Waals surface area contributed by atoms with E-state index in [4.69, 9.17) is 11.6 Å². The van der Waals surface area contributed by atoms with Crippen LogP contribution in [0, 0.1) is 6.92 Å². The smallest absolute Gasteiger partial charge is 0.506 e. The highest BCUT2D eigenvalue weighted by molar-refractivity contribution is 6.32. The number of hydrogen-bond donors (Lipinski definition) is 3. The van der Waals surface area contributed by atoms with Crippen LogP contribution in [-0.2, 0) is 13.0 Å². The van der Waals surface area contributed by atoms with E-state index in [1.165, 1.54) is 30.3 Å². The second-order valence-corrected chi connectivity index (χ2v) is 6.76. The third-order valence-electron chi connectivity index (χ3n) is 4.38. The van der Waals surface area contributed by atoms with Crippen LogP contribution >= 0.6 is 11.6 Å². The van der Waals surface area contributed by atoms with Gasteiger partial charge in [-0.15, -0.1) is 13.2 Å². The third kappa shape index (κ3) is 4.35. The van der Waals surface area contributed by atoms with Gasteiger partial charge in [-0.25, -0.2) is 0 Å². The van der Waals surface area contributed by atoms with Crippen molar-refractivity contribution in [2.75, 3.05) is 0 Å². The molecule has 0 amide bonds. The van der Waals surface area contributed by atoms with Crippen molar-refractivity contribution in [2.45, 2.75) is 32.5 Å². The van der Waals surface area contributed by atoms with E-state index >= 15 is 0 Å². The number of alkyl halides is 3. The number of benzene rings is 2. The number of nitrogens with zero attached hydrogens (tertiary/aromatic N) is 1. The Balaban J connectivity index is 2.07. The van der Waals surface area contributed by atoms with Gasteiger partial charge in [-0.1, -0.05) is 23.7 Å². The average molecular weight is 416 g/mol. The largest absolute Gasteiger partial charge is 0.573 e. The van der Waals surface area contributed by atoms with E-state index in [1.807, 2.05) is 0 Å². The van der Waals surface area contributed by atoms with Crippen LogP contribution in [0.2, 0.25) is 5.02 Å². The summed E-state index contributed by atoms with van der Waals surface area (Å²) < 4.78 is 43.1. The number of aromatic nitrogens is 1. The zero-order valence-corrected chi connectivity index (χ0v) is 15.4. The molecule has 150 valence electrons. The maximum absolute atomic E-state index is 12.5. The Bertz CT molecular complexity index is 1010. The van der Waals surface area contributed by atoms with Crippen LogP contribution in [0.5, 0.6) is 11.5 Å². The van der Waals surface area contributed by atoms with Gasteiger partial charge >= 0.3 is 6.36 Å². The average Bonchev–Trinajstić information content (AvgIpc) is 2.79. The predicted octanol–water partition coefficient (Wildman–Crippen LogP) is 4.11. The summed E-state index contributed by atoms with van der Waals surface area (Å²) in [5.74, 6) is -0.485. The van der Waals surface area contributed by atoms with Crippen molar-refractivity contribution < 1.29 is 33.2 Å². The normalized spacial score (nSPS) is 12.1. The highest BCUT2D eigenvalue weighted by Crippen LogP contribution is 2.35. The van der Waals surface area contributed by atoms with Crippen molar-refractivity contribution in [1.29, 1.82) is 0 Å². The molecule has 0 atom stereocenters. The molecule has 1 heterocycles. The molecule has 2 aromatic carbocycles. The molecule has 0 aliphatic carbocycles. The van der Waals surface area contributed by atoms with Crippen molar-refractivity contribution in [3.63, 3.8) is 0 Å². The van der Waals surface area contributed by atoms with Gasteiger partial charge in [0.05, 0.1) is 10.5 Å². The quantitative estimate of drug-likeness (QED) is 0.548. The van der Waals surface area contributed by atoms with E-state index in [9.17, 15) is 28.5 Å². The van der Waals surface area contributed by atoms with Gasteiger partial charge in [0.2, 0.25) is 0 Å². The van der Waals surface area contributed by atoms with Crippen LogP contribution < -0.4 is 4.74 Å². The molecule has 5 nitrogen and oxygen atoms in total. The first-order chi connectivity index (χ1) is 13.0. The maximum Gasteiger partial charge on any atom is 0.573 e. The number of ether oxygens (including phenoxy) is 1. The van der Waals surface area contributed by atoms with Crippen LogP contribution in [-0.4, -0.2) is 32.5 Å². The van der Waals surface area contributed by atoms with Crippen LogP contribution in [0.15, 0.2) is 36.4 Å². The summed E-state index contributed by atoms with van der Waals surface area (Å²) in [7, 11) is 0. The molecular formula is C19H17ClF3NO4. The summed E-state index contributed by atoms with van der Waals surface area (Å²) in [4.78, 5) is 0. The van der Waals surface area contributed by atoms with Gasteiger partial charge in [0, 0.05) is 24.0 Å². The Hall–Kier alpha value is -2.42. The number of phenolic OH excluding ortho intramolecular Hbond substituents is 1. The van der Waals surface area contributed by atoms with Gasteiger partial charge in [-0.2, -0.15) is 0 Å². The van der Waals surface area contributed by atoms with Gasteiger partial charge in [0.15, 0.2) is 6.29 Å². The topological polar surface area (TPSA) is 74.9 Å². The summed E-state index contributed by atoms with van der Waals surface area (Å²) in [6.07, 6.45) is -6.46. The van der Waals surface area contributed by atoms with Crippen LogP contribution in [0.3, 0.4) is 0 Å². The number of phenols is 1. The van der Waals surface area contributed by atoms with Crippen molar-refractivity contribution in [1.82, 2.24) is 4.57 Å². The van der Waals surface area contributed by atoms with Gasteiger partial charge < -0.3 is 24.6 Å². The highest BCUT2D eigenvalue weighted by Gasteiger charge is 2.31. The van der Waals surface area contributed by atoms with Gasteiger partial charge in [-0.05, 0) is 42.3 Å². The molecule has 0 saturated heterocycles. The summed E-state index contributed by atoms with van der Waals surface area (Å²) >= 11 is 6.02. The molecule has 0 fully saturated rings. The zero-order valence-electron chi connectivity index (χ0n) is 14.7. The molecule has 3 N–H and O–H groups in total. The lowest BCUT2D eigenvalue weighted by atomic mass is 10.1. The fourth-order valence-corrected chi connectivity index (χ4v) is 3.38. The van der Waals surface area contributed by atoms with Crippen molar-refractivity contribution in [3.05, 3.63) is 58.2 Å². The molecule has 0 aliphatic heterocycles. The Labute approximate surface area is 163 Å². The Kier molecular flexibility index (Phi) is 5.47. The minimum Gasteiger partial charge on any atom is -0.506 e. The third-order valence-corrected chi connectivity index (χ3v) is 4.68. The number of rotatable bonds is 5. The Morgan fingerprint density at radius 2 is 1.89 bits per heavy atom. The van der Waals surface area contributed by atoms with E-state index in [-0.39, 0.29) is 29.5 Å².